The Morgan fingerprint density at radius 2 is 1.84 bits per heavy atom. The Morgan fingerprint density at radius 3 is 2.42 bits per heavy atom. The summed E-state index contributed by atoms with van der Waals surface area (Å²) >= 11 is 3.52. The molecule has 19 heavy (non-hydrogen) atoms. The average molecular weight is 323 g/mol. The second kappa shape index (κ2) is 5.53. The van der Waals surface area contributed by atoms with Gasteiger partial charge in [-0.05, 0) is 30.5 Å². The molecule has 2 aliphatic heterocycles. The first kappa shape index (κ1) is 13.0. The summed E-state index contributed by atoms with van der Waals surface area (Å²) in [5, 5.41) is 0. The molecule has 0 aliphatic carbocycles. The molecule has 0 radical (unpaired) electrons. The smallest absolute Gasteiger partial charge is 0.224 e. The standard InChI is InChI=1S/C15H19BrN2O/c16-13-9-15(19)18(11-13)10-12-3-5-14(6-4-12)17-7-1-2-8-17/h3-6,13H,1-2,7-11H2. The lowest BCUT2D eigenvalue weighted by Gasteiger charge is -2.19. The van der Waals surface area contributed by atoms with Gasteiger partial charge in [0.15, 0.2) is 0 Å². The van der Waals surface area contributed by atoms with Crippen LogP contribution in [0.15, 0.2) is 24.3 Å². The Labute approximate surface area is 122 Å². The minimum Gasteiger partial charge on any atom is -0.372 e. The second-order valence-electron chi connectivity index (χ2n) is 5.44. The summed E-state index contributed by atoms with van der Waals surface area (Å²) in [7, 11) is 0. The lowest BCUT2D eigenvalue weighted by molar-refractivity contribution is -0.128. The van der Waals surface area contributed by atoms with E-state index in [4.69, 9.17) is 0 Å². The average Bonchev–Trinajstić information content (AvgIpc) is 3.01. The second-order valence-corrected chi connectivity index (χ2v) is 6.73. The van der Waals surface area contributed by atoms with Crippen LogP contribution in [0.3, 0.4) is 0 Å². The highest BCUT2D eigenvalue weighted by molar-refractivity contribution is 9.09. The number of hydrogen-bond acceptors (Lipinski definition) is 2. The zero-order chi connectivity index (χ0) is 13.2. The number of alkyl halides is 1. The van der Waals surface area contributed by atoms with Gasteiger partial charge in [-0.3, -0.25) is 4.79 Å². The van der Waals surface area contributed by atoms with Crippen LogP contribution in [0.4, 0.5) is 5.69 Å². The van der Waals surface area contributed by atoms with Crippen molar-refractivity contribution in [2.24, 2.45) is 0 Å². The topological polar surface area (TPSA) is 23.6 Å². The quantitative estimate of drug-likeness (QED) is 0.799. The maximum absolute atomic E-state index is 11.8. The maximum Gasteiger partial charge on any atom is 0.224 e. The Morgan fingerprint density at radius 1 is 1.16 bits per heavy atom. The van der Waals surface area contributed by atoms with Gasteiger partial charge in [-0.2, -0.15) is 0 Å². The number of likely N-dealkylation sites (tertiary alicyclic amines) is 1. The predicted molar refractivity (Wildman–Crippen MR) is 80.6 cm³/mol. The molecule has 1 aromatic rings. The van der Waals surface area contributed by atoms with Crippen LogP contribution < -0.4 is 4.90 Å². The van der Waals surface area contributed by atoms with Crippen LogP contribution in [0, 0.1) is 0 Å². The summed E-state index contributed by atoms with van der Waals surface area (Å²) in [4.78, 5) is 16.4. The Bertz CT molecular complexity index is 454. The molecule has 0 bridgehead atoms. The number of amides is 1. The summed E-state index contributed by atoms with van der Waals surface area (Å²) in [6.07, 6.45) is 3.24. The van der Waals surface area contributed by atoms with Crippen molar-refractivity contribution in [1.29, 1.82) is 0 Å². The zero-order valence-corrected chi connectivity index (χ0v) is 12.6. The van der Waals surface area contributed by atoms with E-state index in [9.17, 15) is 4.79 Å². The van der Waals surface area contributed by atoms with Crippen LogP contribution in [0.2, 0.25) is 0 Å². The molecule has 1 unspecified atom stereocenters. The molecule has 102 valence electrons. The van der Waals surface area contributed by atoms with Crippen molar-refractivity contribution in [3.8, 4) is 0 Å². The Hall–Kier alpha value is -1.03. The third kappa shape index (κ3) is 2.94. The molecule has 3 nitrogen and oxygen atoms in total. The maximum atomic E-state index is 11.8. The molecule has 2 fully saturated rings. The number of hydrogen-bond donors (Lipinski definition) is 0. The van der Waals surface area contributed by atoms with E-state index in [1.165, 1.54) is 37.2 Å². The highest BCUT2D eigenvalue weighted by atomic mass is 79.9. The van der Waals surface area contributed by atoms with Crippen molar-refractivity contribution in [1.82, 2.24) is 4.90 Å². The van der Waals surface area contributed by atoms with Gasteiger partial charge in [-0.1, -0.05) is 28.1 Å². The van der Waals surface area contributed by atoms with E-state index in [0.717, 1.165) is 13.1 Å². The van der Waals surface area contributed by atoms with Crippen LogP contribution in [0.5, 0.6) is 0 Å². The third-order valence-corrected chi connectivity index (χ3v) is 4.56. The molecular weight excluding hydrogens is 304 g/mol. The SMILES string of the molecule is O=C1CC(Br)CN1Cc1ccc(N2CCCC2)cc1. The van der Waals surface area contributed by atoms with E-state index in [1.54, 1.807) is 0 Å². The van der Waals surface area contributed by atoms with Crippen molar-refractivity contribution in [2.45, 2.75) is 30.6 Å². The summed E-state index contributed by atoms with van der Waals surface area (Å²) in [5.41, 5.74) is 2.53. The summed E-state index contributed by atoms with van der Waals surface area (Å²) in [5.74, 6) is 0.255. The monoisotopic (exact) mass is 322 g/mol. The van der Waals surface area contributed by atoms with E-state index in [2.05, 4.69) is 45.1 Å². The van der Waals surface area contributed by atoms with E-state index in [1.807, 2.05) is 4.90 Å². The Balaban J connectivity index is 1.64. The van der Waals surface area contributed by atoms with Gasteiger partial charge in [0.2, 0.25) is 5.91 Å². The summed E-state index contributed by atoms with van der Waals surface area (Å²) in [6, 6.07) is 8.69. The molecule has 0 aromatic heterocycles. The first-order valence-corrected chi connectivity index (χ1v) is 7.90. The number of halogens is 1. The minimum absolute atomic E-state index is 0.255. The van der Waals surface area contributed by atoms with Gasteiger partial charge in [0.05, 0.1) is 0 Å². The number of rotatable bonds is 3. The van der Waals surface area contributed by atoms with Crippen molar-refractivity contribution in [2.75, 3.05) is 24.5 Å². The number of anilines is 1. The number of carbonyl (C=O) groups excluding carboxylic acids is 1. The molecular formula is C15H19BrN2O. The van der Waals surface area contributed by atoms with Gasteiger partial charge in [0.1, 0.15) is 0 Å². The number of carbonyl (C=O) groups is 1. The van der Waals surface area contributed by atoms with E-state index < -0.39 is 0 Å². The number of benzene rings is 1. The van der Waals surface area contributed by atoms with Gasteiger partial charge in [0.25, 0.3) is 0 Å². The van der Waals surface area contributed by atoms with E-state index in [0.29, 0.717) is 11.2 Å². The van der Waals surface area contributed by atoms with Crippen LogP contribution in [-0.4, -0.2) is 35.3 Å². The molecule has 1 amide bonds. The largest absolute Gasteiger partial charge is 0.372 e. The molecule has 1 aromatic carbocycles. The Kier molecular flexibility index (Phi) is 3.78. The minimum atomic E-state index is 0.255. The van der Waals surface area contributed by atoms with Gasteiger partial charge in [-0.25, -0.2) is 0 Å². The molecule has 1 atom stereocenters. The van der Waals surface area contributed by atoms with Crippen molar-refractivity contribution >= 4 is 27.5 Å². The third-order valence-electron chi connectivity index (χ3n) is 3.95. The molecule has 2 saturated heterocycles. The van der Waals surface area contributed by atoms with Crippen LogP contribution in [0.25, 0.3) is 0 Å². The van der Waals surface area contributed by atoms with Gasteiger partial charge in [-0.15, -0.1) is 0 Å². The molecule has 2 aliphatic rings. The number of nitrogens with zero attached hydrogens (tertiary/aromatic N) is 2. The van der Waals surface area contributed by atoms with Crippen LogP contribution >= 0.6 is 15.9 Å². The van der Waals surface area contributed by atoms with Crippen LogP contribution in [0.1, 0.15) is 24.8 Å². The lowest BCUT2D eigenvalue weighted by Crippen LogP contribution is -2.24. The summed E-state index contributed by atoms with van der Waals surface area (Å²) < 4.78 is 0. The first-order chi connectivity index (χ1) is 9.22. The zero-order valence-electron chi connectivity index (χ0n) is 11.0. The molecule has 4 heteroatoms. The fraction of sp³-hybridized carbons (Fsp3) is 0.533. The fourth-order valence-corrected chi connectivity index (χ4v) is 3.51. The first-order valence-electron chi connectivity index (χ1n) is 6.98. The molecule has 2 heterocycles. The fourth-order valence-electron chi connectivity index (χ4n) is 2.88. The highest BCUT2D eigenvalue weighted by Gasteiger charge is 2.27. The normalized spacial score (nSPS) is 23.4. The van der Waals surface area contributed by atoms with E-state index in [-0.39, 0.29) is 5.91 Å². The molecule has 0 N–H and O–H groups in total. The molecule has 0 saturated carbocycles. The molecule has 3 rings (SSSR count). The van der Waals surface area contributed by atoms with Crippen molar-refractivity contribution < 1.29 is 4.79 Å². The predicted octanol–water partition coefficient (Wildman–Crippen LogP) is 2.78. The van der Waals surface area contributed by atoms with Crippen molar-refractivity contribution in [3.63, 3.8) is 0 Å². The van der Waals surface area contributed by atoms with Gasteiger partial charge >= 0.3 is 0 Å². The van der Waals surface area contributed by atoms with Crippen molar-refractivity contribution in [3.05, 3.63) is 29.8 Å². The van der Waals surface area contributed by atoms with E-state index >= 15 is 0 Å². The summed E-state index contributed by atoms with van der Waals surface area (Å²) in [6.45, 7) is 3.92. The van der Waals surface area contributed by atoms with Crippen LogP contribution in [-0.2, 0) is 11.3 Å². The molecule has 0 spiro atoms. The highest BCUT2D eigenvalue weighted by Crippen LogP contribution is 2.23. The lowest BCUT2D eigenvalue weighted by atomic mass is 10.2. The van der Waals surface area contributed by atoms with Gasteiger partial charge in [0, 0.05) is 43.1 Å². The van der Waals surface area contributed by atoms with Gasteiger partial charge < -0.3 is 9.80 Å².